The highest BCUT2D eigenvalue weighted by Gasteiger charge is 2.21. The molecule has 1 aliphatic rings. The van der Waals surface area contributed by atoms with Crippen molar-refractivity contribution in [1.82, 2.24) is 19.8 Å². The van der Waals surface area contributed by atoms with E-state index in [1.165, 1.54) is 10.7 Å². The minimum atomic E-state index is -3.49. The van der Waals surface area contributed by atoms with Gasteiger partial charge in [0.15, 0.2) is 5.96 Å². The Balaban J connectivity index is 0.00000420. The lowest BCUT2D eigenvalue weighted by atomic mass is 10.1. The fraction of sp³-hybridized carbons (Fsp3) is 0.650. The molecule has 0 saturated carbocycles. The zero-order valence-electron chi connectivity index (χ0n) is 18.0. The second-order valence-corrected chi connectivity index (χ2v) is 9.47. The third-order valence-corrected chi connectivity index (χ3v) is 6.87. The molecule has 1 heterocycles. The number of rotatable bonds is 8. The van der Waals surface area contributed by atoms with Gasteiger partial charge in [0.1, 0.15) is 0 Å². The number of nitrogens with one attached hydrogen (secondary N) is 2. The first-order chi connectivity index (χ1) is 13.4. The van der Waals surface area contributed by atoms with Crippen LogP contribution < -0.4 is 10.6 Å². The van der Waals surface area contributed by atoms with Crippen molar-refractivity contribution in [1.29, 1.82) is 0 Å². The van der Waals surface area contributed by atoms with E-state index >= 15 is 0 Å². The molecule has 1 fully saturated rings. The number of aliphatic imine (C=N–C) groups is 1. The van der Waals surface area contributed by atoms with E-state index in [9.17, 15) is 8.42 Å². The number of hydrogen-bond donors (Lipinski definition) is 2. The normalized spacial score (nSPS) is 16.5. The molecule has 166 valence electrons. The van der Waals surface area contributed by atoms with E-state index in [1.54, 1.807) is 26.2 Å². The van der Waals surface area contributed by atoms with Crippen LogP contribution >= 0.6 is 24.0 Å². The molecule has 0 aromatic heterocycles. The van der Waals surface area contributed by atoms with E-state index in [1.807, 2.05) is 19.1 Å². The summed E-state index contributed by atoms with van der Waals surface area (Å²) in [4.78, 5) is 7.48. The lowest BCUT2D eigenvalue weighted by Crippen LogP contribution is -2.48. The molecular weight excluding hydrogens is 501 g/mol. The second kappa shape index (κ2) is 12.7. The summed E-state index contributed by atoms with van der Waals surface area (Å²) in [5.74, 6) is 0.744. The zero-order chi connectivity index (χ0) is 20.6. The Bertz CT molecular complexity index is 747. The molecule has 9 heteroatoms. The van der Waals surface area contributed by atoms with E-state index in [0.717, 1.165) is 45.0 Å². The number of sulfonamides is 1. The average molecular weight is 538 g/mol. The summed E-state index contributed by atoms with van der Waals surface area (Å²) in [7, 11) is -0.394. The van der Waals surface area contributed by atoms with E-state index in [2.05, 4.69) is 27.4 Å². The summed E-state index contributed by atoms with van der Waals surface area (Å²) in [5, 5.41) is 6.81. The van der Waals surface area contributed by atoms with Gasteiger partial charge < -0.3 is 15.5 Å². The highest BCUT2D eigenvalue weighted by atomic mass is 127. The standard InChI is InChI=1S/C20H35N5O2S.HI/c1-5-13-25-14-11-18(12-15-25)23-20(21-6-2)22-16-17-9-7-8-10-19(17)28(26,27)24(3)4;/h7-10,18H,5-6,11-16H2,1-4H3,(H2,21,22,23);1H. The summed E-state index contributed by atoms with van der Waals surface area (Å²) in [6.07, 6.45) is 3.38. The fourth-order valence-corrected chi connectivity index (χ4v) is 4.49. The van der Waals surface area contributed by atoms with Gasteiger partial charge >= 0.3 is 0 Å². The van der Waals surface area contributed by atoms with Crippen molar-refractivity contribution in [2.75, 3.05) is 40.3 Å². The largest absolute Gasteiger partial charge is 0.357 e. The molecule has 7 nitrogen and oxygen atoms in total. The van der Waals surface area contributed by atoms with Crippen molar-refractivity contribution in [3.63, 3.8) is 0 Å². The number of hydrogen-bond acceptors (Lipinski definition) is 4. The van der Waals surface area contributed by atoms with Gasteiger partial charge in [-0.05, 0) is 44.4 Å². The molecule has 0 spiro atoms. The van der Waals surface area contributed by atoms with Crippen molar-refractivity contribution in [3.05, 3.63) is 29.8 Å². The van der Waals surface area contributed by atoms with Crippen LogP contribution in [0.25, 0.3) is 0 Å². The maximum atomic E-state index is 12.6. The summed E-state index contributed by atoms with van der Waals surface area (Å²) in [6.45, 7) is 8.70. The van der Waals surface area contributed by atoms with E-state index < -0.39 is 10.0 Å². The highest BCUT2D eigenvalue weighted by Crippen LogP contribution is 2.19. The number of nitrogens with zero attached hydrogens (tertiary/aromatic N) is 3. The molecule has 2 N–H and O–H groups in total. The quantitative estimate of drug-likeness (QED) is 0.303. The van der Waals surface area contributed by atoms with Gasteiger partial charge in [0.05, 0.1) is 11.4 Å². The van der Waals surface area contributed by atoms with Crippen LogP contribution in [0, 0.1) is 0 Å². The third kappa shape index (κ3) is 7.69. The minimum absolute atomic E-state index is 0. The van der Waals surface area contributed by atoms with Crippen LogP contribution in [0.5, 0.6) is 0 Å². The molecule has 1 aromatic carbocycles. The summed E-state index contributed by atoms with van der Waals surface area (Å²) < 4.78 is 26.4. The molecular formula is C20H36IN5O2S. The van der Waals surface area contributed by atoms with Crippen molar-refractivity contribution in [3.8, 4) is 0 Å². The van der Waals surface area contributed by atoms with Gasteiger partial charge in [0, 0.05) is 39.8 Å². The summed E-state index contributed by atoms with van der Waals surface area (Å²) in [5.41, 5.74) is 0.700. The van der Waals surface area contributed by atoms with Crippen LogP contribution in [-0.4, -0.2) is 69.9 Å². The molecule has 0 radical (unpaired) electrons. The van der Waals surface area contributed by atoms with Gasteiger partial charge in [0.2, 0.25) is 10.0 Å². The fourth-order valence-electron chi connectivity index (χ4n) is 3.38. The maximum Gasteiger partial charge on any atom is 0.242 e. The topological polar surface area (TPSA) is 77.0 Å². The van der Waals surface area contributed by atoms with Crippen LogP contribution in [0.3, 0.4) is 0 Å². The zero-order valence-corrected chi connectivity index (χ0v) is 21.2. The van der Waals surface area contributed by atoms with Gasteiger partial charge in [0.25, 0.3) is 0 Å². The van der Waals surface area contributed by atoms with E-state index in [-0.39, 0.29) is 24.0 Å². The predicted molar refractivity (Wildman–Crippen MR) is 130 cm³/mol. The SMILES string of the molecule is CCCN1CCC(NC(=NCc2ccccc2S(=O)(=O)N(C)C)NCC)CC1.I. The maximum absolute atomic E-state index is 12.6. The smallest absolute Gasteiger partial charge is 0.242 e. The number of piperidine rings is 1. The van der Waals surface area contributed by atoms with Crippen molar-refractivity contribution in [2.45, 2.75) is 50.6 Å². The monoisotopic (exact) mass is 537 g/mol. The Morgan fingerprint density at radius 2 is 1.86 bits per heavy atom. The van der Waals surface area contributed by atoms with Gasteiger partial charge in [-0.1, -0.05) is 25.1 Å². The molecule has 1 aromatic rings. The Kier molecular flexibility index (Phi) is 11.4. The molecule has 2 rings (SSSR count). The first-order valence-corrected chi connectivity index (χ1v) is 11.6. The number of benzene rings is 1. The van der Waals surface area contributed by atoms with Crippen LogP contribution in [0.2, 0.25) is 0 Å². The highest BCUT2D eigenvalue weighted by molar-refractivity contribution is 14.0. The van der Waals surface area contributed by atoms with Gasteiger partial charge in [-0.3, -0.25) is 0 Å². The second-order valence-electron chi connectivity index (χ2n) is 7.35. The predicted octanol–water partition coefficient (Wildman–Crippen LogP) is 2.48. The first kappa shape index (κ1) is 26.1. The molecule has 0 aliphatic carbocycles. The number of guanidine groups is 1. The molecule has 0 amide bonds. The van der Waals surface area contributed by atoms with Crippen molar-refractivity contribution in [2.24, 2.45) is 4.99 Å². The van der Waals surface area contributed by atoms with Gasteiger partial charge in [-0.25, -0.2) is 17.7 Å². The van der Waals surface area contributed by atoms with Crippen molar-refractivity contribution >= 4 is 40.0 Å². The number of likely N-dealkylation sites (tertiary alicyclic amines) is 1. The minimum Gasteiger partial charge on any atom is -0.357 e. The molecule has 29 heavy (non-hydrogen) atoms. The van der Waals surface area contributed by atoms with Crippen LogP contribution in [0.1, 0.15) is 38.7 Å². The molecule has 0 atom stereocenters. The van der Waals surface area contributed by atoms with Gasteiger partial charge in [-0.2, -0.15) is 0 Å². The molecule has 0 unspecified atom stereocenters. The Hall–Kier alpha value is -0.910. The van der Waals surface area contributed by atoms with Gasteiger partial charge in [-0.15, -0.1) is 24.0 Å². The van der Waals surface area contributed by atoms with Crippen LogP contribution in [0.4, 0.5) is 0 Å². The van der Waals surface area contributed by atoms with E-state index in [0.29, 0.717) is 23.0 Å². The third-order valence-electron chi connectivity index (χ3n) is 4.95. The molecule has 1 saturated heterocycles. The Morgan fingerprint density at radius 3 is 2.45 bits per heavy atom. The van der Waals surface area contributed by atoms with Crippen molar-refractivity contribution < 1.29 is 8.42 Å². The Morgan fingerprint density at radius 1 is 1.21 bits per heavy atom. The lowest BCUT2D eigenvalue weighted by molar-refractivity contribution is 0.206. The molecule has 1 aliphatic heterocycles. The summed E-state index contributed by atoms with van der Waals surface area (Å²) >= 11 is 0. The average Bonchev–Trinajstić information content (AvgIpc) is 2.68. The van der Waals surface area contributed by atoms with Crippen LogP contribution in [0.15, 0.2) is 34.2 Å². The van der Waals surface area contributed by atoms with E-state index in [4.69, 9.17) is 0 Å². The first-order valence-electron chi connectivity index (χ1n) is 10.2. The number of halogens is 1. The molecule has 0 bridgehead atoms. The van der Waals surface area contributed by atoms with Crippen LogP contribution in [-0.2, 0) is 16.6 Å². The lowest BCUT2D eigenvalue weighted by Gasteiger charge is -2.32. The Labute approximate surface area is 193 Å². The summed E-state index contributed by atoms with van der Waals surface area (Å²) in [6, 6.07) is 7.46.